The lowest BCUT2D eigenvalue weighted by atomic mass is 9.81. The summed E-state index contributed by atoms with van der Waals surface area (Å²) in [5.41, 5.74) is 3.97. The minimum Gasteiger partial charge on any atom is -0.497 e. The fraction of sp³-hybridized carbons (Fsp3) is 0.444. The summed E-state index contributed by atoms with van der Waals surface area (Å²) in [5, 5.41) is 13.0. The average Bonchev–Trinajstić information content (AvgIpc) is 3.60. The highest BCUT2D eigenvalue weighted by Crippen LogP contribution is 2.39. The highest BCUT2D eigenvalue weighted by molar-refractivity contribution is 5.92. The number of amides is 1. The monoisotopic (exact) mass is 662 g/mol. The van der Waals surface area contributed by atoms with Crippen molar-refractivity contribution in [3.8, 4) is 11.4 Å². The van der Waals surface area contributed by atoms with Crippen molar-refractivity contribution in [2.45, 2.75) is 38.9 Å². The van der Waals surface area contributed by atoms with Crippen molar-refractivity contribution in [2.75, 3.05) is 53.3 Å². The molecule has 0 aliphatic carbocycles. The van der Waals surface area contributed by atoms with Gasteiger partial charge in [-0.3, -0.25) is 14.3 Å². The normalized spacial score (nSPS) is 17.7. The van der Waals surface area contributed by atoms with E-state index in [1.54, 1.807) is 17.9 Å². The molecule has 12 nitrogen and oxygen atoms in total. The molecule has 0 fully saturated rings. The molecule has 48 heavy (non-hydrogen) atoms. The first kappa shape index (κ1) is 35.0. The fourth-order valence-electron chi connectivity index (χ4n) is 6.24. The molecule has 2 aromatic heterocycles. The Labute approximate surface area is 280 Å². The van der Waals surface area contributed by atoms with Crippen LogP contribution in [0.1, 0.15) is 36.1 Å². The number of methoxy groups -OCH3 is 1. The summed E-state index contributed by atoms with van der Waals surface area (Å²) in [7, 11) is 3.49. The second-order valence-electron chi connectivity index (χ2n) is 11.6. The summed E-state index contributed by atoms with van der Waals surface area (Å²) in [6, 6.07) is 15.3. The summed E-state index contributed by atoms with van der Waals surface area (Å²) in [4.78, 5) is 31.1. The third-order valence-electron chi connectivity index (χ3n) is 8.73. The predicted octanol–water partition coefficient (Wildman–Crippen LogP) is 3.73. The Morgan fingerprint density at radius 3 is 2.58 bits per heavy atom. The van der Waals surface area contributed by atoms with Crippen molar-refractivity contribution in [3.63, 3.8) is 0 Å². The lowest BCUT2D eigenvalue weighted by Gasteiger charge is -2.36. The number of nitrogens with one attached hydrogen (secondary N) is 2. The Balaban J connectivity index is 1.41. The van der Waals surface area contributed by atoms with Gasteiger partial charge in [-0.1, -0.05) is 18.2 Å². The van der Waals surface area contributed by atoms with Crippen molar-refractivity contribution in [1.82, 2.24) is 19.7 Å². The van der Waals surface area contributed by atoms with E-state index in [1.165, 1.54) is 0 Å². The van der Waals surface area contributed by atoms with Crippen LogP contribution in [-0.2, 0) is 37.2 Å². The van der Waals surface area contributed by atoms with Crippen molar-refractivity contribution in [2.24, 2.45) is 13.0 Å². The standard InChI is InChI=1S/C36H46N4O8/c1-5-47-36-28(14-17-45-19-20-46-18-16-41)30(33-24(2)39(3)40(35(33)43)26-9-7-6-8-10-26)22-32(48-36)34(42)37-15-13-25-23-38-31-12-11-27(44-4)21-29(25)31/h6-12,21-23,28,30,36,38,41H,5,13-20H2,1-4H3,(H,37,42)/t28-,30+,36-/m1/s1. The molecule has 3 heterocycles. The van der Waals surface area contributed by atoms with Gasteiger partial charge in [0.2, 0.25) is 6.29 Å². The fourth-order valence-corrected chi connectivity index (χ4v) is 6.24. The number of hydrogen-bond acceptors (Lipinski definition) is 8. The number of carbonyl (C=O) groups excluding carboxylic acids is 1. The largest absolute Gasteiger partial charge is 0.497 e. The van der Waals surface area contributed by atoms with Gasteiger partial charge in [-0.05, 0) is 68.7 Å². The van der Waals surface area contributed by atoms with E-state index >= 15 is 0 Å². The molecule has 0 saturated carbocycles. The van der Waals surface area contributed by atoms with Crippen LogP contribution in [0.3, 0.4) is 0 Å². The molecule has 2 aromatic carbocycles. The zero-order chi connectivity index (χ0) is 34.0. The first-order valence-corrected chi connectivity index (χ1v) is 16.4. The molecule has 3 N–H and O–H groups in total. The Bertz CT molecular complexity index is 1740. The molecule has 0 unspecified atom stereocenters. The van der Waals surface area contributed by atoms with Gasteiger partial charge in [-0.15, -0.1) is 0 Å². The van der Waals surface area contributed by atoms with Gasteiger partial charge in [-0.2, -0.15) is 0 Å². The van der Waals surface area contributed by atoms with E-state index in [2.05, 4.69) is 10.3 Å². The summed E-state index contributed by atoms with van der Waals surface area (Å²) in [6.45, 7) is 5.78. The van der Waals surface area contributed by atoms with E-state index in [4.69, 9.17) is 28.8 Å². The summed E-state index contributed by atoms with van der Waals surface area (Å²) >= 11 is 0. The summed E-state index contributed by atoms with van der Waals surface area (Å²) < 4.78 is 32.4. The summed E-state index contributed by atoms with van der Waals surface area (Å²) in [5.74, 6) is -0.315. The van der Waals surface area contributed by atoms with Crippen molar-refractivity contribution in [3.05, 3.63) is 93.7 Å². The number of benzene rings is 2. The van der Waals surface area contributed by atoms with Crippen LogP contribution < -0.4 is 15.6 Å². The van der Waals surface area contributed by atoms with Gasteiger partial charge in [0.15, 0.2) is 5.76 Å². The van der Waals surface area contributed by atoms with E-state index in [0.717, 1.165) is 33.6 Å². The molecule has 3 atom stereocenters. The molecule has 1 amide bonds. The van der Waals surface area contributed by atoms with E-state index in [0.29, 0.717) is 51.4 Å². The molecular weight excluding hydrogens is 616 g/mol. The number of rotatable bonds is 17. The number of aromatic nitrogens is 3. The smallest absolute Gasteiger partial charge is 0.286 e. The van der Waals surface area contributed by atoms with Gasteiger partial charge in [0.1, 0.15) is 5.75 Å². The minimum absolute atomic E-state index is 0.0471. The number of carbonyl (C=O) groups is 1. The van der Waals surface area contributed by atoms with Crippen LogP contribution in [0.15, 0.2) is 71.4 Å². The maximum atomic E-state index is 14.2. The van der Waals surface area contributed by atoms with Gasteiger partial charge in [0.05, 0.1) is 39.2 Å². The highest BCUT2D eigenvalue weighted by atomic mass is 16.7. The highest BCUT2D eigenvalue weighted by Gasteiger charge is 2.41. The topological polar surface area (TPSA) is 138 Å². The molecule has 0 bridgehead atoms. The van der Waals surface area contributed by atoms with Gasteiger partial charge in [0.25, 0.3) is 11.5 Å². The van der Waals surface area contributed by atoms with Crippen LogP contribution in [0.25, 0.3) is 16.6 Å². The van der Waals surface area contributed by atoms with E-state index in [-0.39, 0.29) is 36.4 Å². The predicted molar refractivity (Wildman–Crippen MR) is 181 cm³/mol. The number of ether oxygens (including phenoxy) is 5. The van der Waals surface area contributed by atoms with Crippen LogP contribution in [0.4, 0.5) is 0 Å². The minimum atomic E-state index is -0.787. The maximum absolute atomic E-state index is 14.2. The zero-order valence-corrected chi connectivity index (χ0v) is 28.1. The molecule has 5 rings (SSSR count). The molecule has 1 aliphatic rings. The number of allylic oxidation sites excluding steroid dienone is 1. The van der Waals surface area contributed by atoms with Crippen LogP contribution in [0, 0.1) is 12.8 Å². The lowest BCUT2D eigenvalue weighted by Crippen LogP contribution is -2.41. The Kier molecular flexibility index (Phi) is 12.1. The molecule has 0 spiro atoms. The quantitative estimate of drug-likeness (QED) is 0.146. The molecule has 0 saturated heterocycles. The van der Waals surface area contributed by atoms with E-state index in [1.807, 2.05) is 80.3 Å². The van der Waals surface area contributed by atoms with E-state index in [9.17, 15) is 9.59 Å². The second kappa shape index (κ2) is 16.6. The van der Waals surface area contributed by atoms with Crippen molar-refractivity contribution < 1.29 is 33.6 Å². The molecule has 4 aromatic rings. The van der Waals surface area contributed by atoms with Gasteiger partial charge in [-0.25, -0.2) is 4.68 Å². The third-order valence-corrected chi connectivity index (χ3v) is 8.73. The van der Waals surface area contributed by atoms with Crippen molar-refractivity contribution in [1.29, 1.82) is 0 Å². The molecule has 0 radical (unpaired) electrons. The first-order chi connectivity index (χ1) is 23.4. The van der Waals surface area contributed by atoms with Crippen LogP contribution in [0.5, 0.6) is 5.75 Å². The zero-order valence-electron chi connectivity index (χ0n) is 28.1. The summed E-state index contributed by atoms with van der Waals surface area (Å²) in [6.07, 6.45) is 4.01. The average molecular weight is 663 g/mol. The number of H-pyrrole nitrogens is 1. The number of aliphatic hydroxyl groups is 1. The first-order valence-electron chi connectivity index (χ1n) is 16.4. The number of para-hydroxylation sites is 1. The Hall–Kier alpha value is -4.36. The van der Waals surface area contributed by atoms with Crippen LogP contribution in [0.2, 0.25) is 0 Å². The second-order valence-corrected chi connectivity index (χ2v) is 11.6. The number of aromatic amines is 1. The van der Waals surface area contributed by atoms with Gasteiger partial charge in [0, 0.05) is 67.0 Å². The number of aliphatic hydroxyl groups excluding tert-OH is 1. The van der Waals surface area contributed by atoms with Crippen LogP contribution in [-0.4, -0.2) is 84.9 Å². The van der Waals surface area contributed by atoms with Gasteiger partial charge >= 0.3 is 0 Å². The maximum Gasteiger partial charge on any atom is 0.286 e. The SMILES string of the molecule is CCO[C@@H]1OC(C(=O)NCCc2c[nH]c3ccc(OC)cc23)=C[C@H](c2c(C)n(C)n(-c3ccccc3)c2=O)[C@H]1CCOCCOCCO. The Morgan fingerprint density at radius 2 is 1.85 bits per heavy atom. The van der Waals surface area contributed by atoms with Crippen LogP contribution >= 0.6 is 0 Å². The lowest BCUT2D eigenvalue weighted by molar-refractivity contribution is -0.168. The number of nitrogens with zero attached hydrogens (tertiary/aromatic N) is 2. The molecular formula is C36H46N4O8. The molecule has 12 heteroatoms. The van der Waals surface area contributed by atoms with E-state index < -0.39 is 12.2 Å². The van der Waals surface area contributed by atoms with Crippen molar-refractivity contribution >= 4 is 16.8 Å². The van der Waals surface area contributed by atoms with Gasteiger partial charge < -0.3 is 39.1 Å². The Morgan fingerprint density at radius 1 is 1.08 bits per heavy atom. The molecule has 258 valence electrons. The number of fused-ring (bicyclic) bond motifs is 1. The third kappa shape index (κ3) is 7.84. The molecule has 1 aliphatic heterocycles. The number of hydrogen-bond donors (Lipinski definition) is 3.